The second-order valence-corrected chi connectivity index (χ2v) is 5.15. The Morgan fingerprint density at radius 3 is 2.68 bits per heavy atom. The fraction of sp³-hybridized carbons (Fsp3) is 0.571. The first kappa shape index (κ1) is 16.6. The van der Waals surface area contributed by atoms with Crippen LogP contribution >= 0.6 is 24.0 Å². The van der Waals surface area contributed by atoms with Crippen molar-refractivity contribution in [3.05, 3.63) is 29.3 Å². The van der Waals surface area contributed by atoms with E-state index in [1.165, 1.54) is 12.8 Å². The molecule has 1 fully saturated rings. The van der Waals surface area contributed by atoms with Crippen LogP contribution in [0.1, 0.15) is 12.8 Å². The van der Waals surface area contributed by atoms with Gasteiger partial charge in [-0.15, -0.1) is 12.4 Å². The Kier molecular flexibility index (Phi) is 7.54. The van der Waals surface area contributed by atoms with Crippen LogP contribution in [0.4, 0.5) is 0 Å². The molecular weight excluding hydrogens is 283 g/mol. The average Bonchev–Trinajstić information content (AvgIpc) is 2.42. The molecule has 108 valence electrons. The lowest BCUT2D eigenvalue weighted by Crippen LogP contribution is -2.42. The molecule has 5 heteroatoms. The molecule has 0 aliphatic carbocycles. The molecule has 2 rings (SSSR count). The largest absolute Gasteiger partial charge is 0.491 e. The van der Waals surface area contributed by atoms with Crippen LogP contribution in [-0.2, 0) is 0 Å². The van der Waals surface area contributed by atoms with Gasteiger partial charge in [-0.3, -0.25) is 4.90 Å². The Labute approximate surface area is 126 Å². The van der Waals surface area contributed by atoms with Gasteiger partial charge in [0.1, 0.15) is 12.4 Å². The predicted octanol–water partition coefficient (Wildman–Crippen LogP) is 2.82. The van der Waals surface area contributed by atoms with Gasteiger partial charge in [0.05, 0.1) is 5.02 Å². The maximum absolute atomic E-state index is 6.04. The summed E-state index contributed by atoms with van der Waals surface area (Å²) >= 11 is 6.04. The summed E-state index contributed by atoms with van der Waals surface area (Å²) in [7, 11) is 2.17. The first-order valence-corrected chi connectivity index (χ1v) is 6.93. The SMILES string of the molecule is CN(CCOc1ccccc1Cl)C1CCNCC1.Cl. The number of nitrogens with zero attached hydrogens (tertiary/aromatic N) is 1. The molecule has 1 aliphatic heterocycles. The second-order valence-electron chi connectivity index (χ2n) is 4.74. The van der Waals surface area contributed by atoms with Crippen LogP contribution in [0.25, 0.3) is 0 Å². The molecule has 0 spiro atoms. The number of para-hydroxylation sites is 1. The summed E-state index contributed by atoms with van der Waals surface area (Å²) in [4.78, 5) is 2.39. The van der Waals surface area contributed by atoms with E-state index in [-0.39, 0.29) is 12.4 Å². The molecule has 1 saturated heterocycles. The number of benzene rings is 1. The molecule has 0 amide bonds. The van der Waals surface area contributed by atoms with Gasteiger partial charge >= 0.3 is 0 Å². The van der Waals surface area contributed by atoms with Gasteiger partial charge in [-0.05, 0) is 45.1 Å². The Morgan fingerprint density at radius 2 is 2.00 bits per heavy atom. The van der Waals surface area contributed by atoms with Crippen LogP contribution in [0, 0.1) is 0 Å². The number of piperidine rings is 1. The highest BCUT2D eigenvalue weighted by Crippen LogP contribution is 2.23. The summed E-state index contributed by atoms with van der Waals surface area (Å²) in [6.45, 7) is 3.88. The maximum Gasteiger partial charge on any atom is 0.137 e. The Morgan fingerprint density at radius 1 is 1.32 bits per heavy atom. The van der Waals surface area contributed by atoms with E-state index in [0.29, 0.717) is 17.7 Å². The standard InChI is InChI=1S/C14H21ClN2O.ClH/c1-17(12-6-8-16-9-7-12)10-11-18-14-5-3-2-4-13(14)15;/h2-5,12,16H,6-11H2,1H3;1H. The Balaban J connectivity index is 0.00000180. The third-order valence-corrected chi connectivity index (χ3v) is 3.78. The number of likely N-dealkylation sites (N-methyl/N-ethyl adjacent to an activating group) is 1. The minimum atomic E-state index is 0. The summed E-state index contributed by atoms with van der Waals surface area (Å²) in [6, 6.07) is 8.30. The Hall–Kier alpha value is -0.480. The quantitative estimate of drug-likeness (QED) is 0.905. The molecule has 0 unspecified atom stereocenters. The fourth-order valence-corrected chi connectivity index (χ4v) is 2.48. The van der Waals surface area contributed by atoms with Gasteiger partial charge in [-0.2, -0.15) is 0 Å². The summed E-state index contributed by atoms with van der Waals surface area (Å²) in [5.74, 6) is 0.776. The van der Waals surface area contributed by atoms with Gasteiger partial charge < -0.3 is 10.1 Å². The zero-order chi connectivity index (χ0) is 12.8. The van der Waals surface area contributed by atoms with E-state index in [2.05, 4.69) is 17.3 Å². The monoisotopic (exact) mass is 304 g/mol. The molecule has 0 aromatic heterocycles. The van der Waals surface area contributed by atoms with Crippen molar-refractivity contribution in [1.29, 1.82) is 0 Å². The third-order valence-electron chi connectivity index (χ3n) is 3.47. The van der Waals surface area contributed by atoms with Crippen LogP contribution < -0.4 is 10.1 Å². The molecule has 0 atom stereocenters. The van der Waals surface area contributed by atoms with Crippen LogP contribution in [0.3, 0.4) is 0 Å². The minimum absolute atomic E-state index is 0. The first-order chi connectivity index (χ1) is 8.77. The number of hydrogen-bond acceptors (Lipinski definition) is 3. The highest BCUT2D eigenvalue weighted by Gasteiger charge is 2.17. The molecule has 1 aromatic rings. The number of ether oxygens (including phenoxy) is 1. The van der Waals surface area contributed by atoms with Crippen LogP contribution in [0.5, 0.6) is 5.75 Å². The average molecular weight is 305 g/mol. The lowest BCUT2D eigenvalue weighted by molar-refractivity contribution is 0.165. The van der Waals surface area contributed by atoms with Crippen LogP contribution in [-0.4, -0.2) is 44.2 Å². The smallest absolute Gasteiger partial charge is 0.137 e. The summed E-state index contributed by atoms with van der Waals surface area (Å²) in [5.41, 5.74) is 0. The van der Waals surface area contributed by atoms with E-state index in [1.807, 2.05) is 24.3 Å². The second kappa shape index (κ2) is 8.64. The molecule has 0 saturated carbocycles. The fourth-order valence-electron chi connectivity index (χ4n) is 2.29. The highest BCUT2D eigenvalue weighted by atomic mass is 35.5. The van der Waals surface area contributed by atoms with Gasteiger partial charge in [0.2, 0.25) is 0 Å². The lowest BCUT2D eigenvalue weighted by atomic mass is 10.1. The molecule has 1 heterocycles. The molecule has 0 radical (unpaired) electrons. The van der Waals surface area contributed by atoms with Gasteiger partial charge in [0.15, 0.2) is 0 Å². The predicted molar refractivity (Wildman–Crippen MR) is 82.7 cm³/mol. The van der Waals surface area contributed by atoms with Crippen molar-refractivity contribution < 1.29 is 4.74 Å². The van der Waals surface area contributed by atoms with Gasteiger partial charge in [0.25, 0.3) is 0 Å². The zero-order valence-electron chi connectivity index (χ0n) is 11.3. The van der Waals surface area contributed by atoms with Gasteiger partial charge in [-0.1, -0.05) is 23.7 Å². The molecule has 3 nitrogen and oxygen atoms in total. The molecule has 1 aliphatic rings. The zero-order valence-corrected chi connectivity index (χ0v) is 12.8. The van der Waals surface area contributed by atoms with E-state index in [1.54, 1.807) is 0 Å². The van der Waals surface area contributed by atoms with E-state index in [9.17, 15) is 0 Å². The van der Waals surface area contributed by atoms with Crippen molar-refractivity contribution in [2.75, 3.05) is 33.3 Å². The minimum Gasteiger partial charge on any atom is -0.491 e. The van der Waals surface area contributed by atoms with Gasteiger partial charge in [-0.25, -0.2) is 0 Å². The van der Waals surface area contributed by atoms with Crippen molar-refractivity contribution in [3.8, 4) is 5.75 Å². The summed E-state index contributed by atoms with van der Waals surface area (Å²) in [5, 5.41) is 4.07. The Bertz CT molecular complexity index is 370. The number of nitrogens with one attached hydrogen (secondary N) is 1. The summed E-state index contributed by atoms with van der Waals surface area (Å²) in [6.07, 6.45) is 2.45. The first-order valence-electron chi connectivity index (χ1n) is 6.55. The number of rotatable bonds is 5. The van der Waals surface area contributed by atoms with Crippen molar-refractivity contribution >= 4 is 24.0 Å². The molecule has 19 heavy (non-hydrogen) atoms. The molecule has 1 N–H and O–H groups in total. The van der Waals surface area contributed by atoms with Crippen molar-refractivity contribution in [3.63, 3.8) is 0 Å². The van der Waals surface area contributed by atoms with E-state index < -0.39 is 0 Å². The maximum atomic E-state index is 6.04. The lowest BCUT2D eigenvalue weighted by Gasteiger charge is -2.31. The summed E-state index contributed by atoms with van der Waals surface area (Å²) < 4.78 is 5.71. The van der Waals surface area contributed by atoms with Crippen molar-refractivity contribution in [1.82, 2.24) is 10.2 Å². The molecule has 1 aromatic carbocycles. The van der Waals surface area contributed by atoms with Crippen LogP contribution in [0.15, 0.2) is 24.3 Å². The van der Waals surface area contributed by atoms with Crippen LogP contribution in [0.2, 0.25) is 5.02 Å². The molecular formula is C14H22Cl2N2O. The number of hydrogen-bond donors (Lipinski definition) is 1. The number of halogens is 2. The molecule has 0 bridgehead atoms. The topological polar surface area (TPSA) is 24.5 Å². The third kappa shape index (κ3) is 5.19. The van der Waals surface area contributed by atoms with Gasteiger partial charge in [0, 0.05) is 12.6 Å². The van der Waals surface area contributed by atoms with Crippen molar-refractivity contribution in [2.24, 2.45) is 0 Å². The normalized spacial score (nSPS) is 16.2. The van der Waals surface area contributed by atoms with E-state index >= 15 is 0 Å². The van der Waals surface area contributed by atoms with Crippen molar-refractivity contribution in [2.45, 2.75) is 18.9 Å². The van der Waals surface area contributed by atoms with E-state index in [4.69, 9.17) is 16.3 Å². The highest BCUT2D eigenvalue weighted by molar-refractivity contribution is 6.32. The van der Waals surface area contributed by atoms with E-state index in [0.717, 1.165) is 25.4 Å².